The number of carbonyl (C=O) groups excluding carboxylic acids is 2. The number of carbonyl (C=O) groups is 2. The second kappa shape index (κ2) is 7.25. The highest BCUT2D eigenvalue weighted by molar-refractivity contribution is 7.99. The summed E-state index contributed by atoms with van der Waals surface area (Å²) < 4.78 is 1.13. The number of benzene rings is 2. The van der Waals surface area contributed by atoms with Crippen molar-refractivity contribution in [2.45, 2.75) is 31.2 Å². The van der Waals surface area contributed by atoms with Gasteiger partial charge in [0.2, 0.25) is 5.91 Å². The molecule has 0 aliphatic carbocycles. The number of ketones is 1. The largest absolute Gasteiger partial charge is 0.352 e. The monoisotopic (exact) mass is 381 g/mol. The zero-order chi connectivity index (χ0) is 18.1. The van der Waals surface area contributed by atoms with Gasteiger partial charge in [-0.05, 0) is 23.3 Å². The standard InChI is InChI=1S/C21H19NO2S2/c1-13(23)22-12-15-19(11-14-5-3-2-4-6-14)26-18-8-7-17-21(20(15)18)16(24)9-10-25-17/h2-8H,9-12H2,1H3,(H,22,23). The molecular formula is C21H19NO2S2. The number of fused-ring (bicyclic) bond motifs is 3. The molecule has 0 radical (unpaired) electrons. The van der Waals surface area contributed by atoms with Crippen LogP contribution in [0.2, 0.25) is 0 Å². The quantitative estimate of drug-likeness (QED) is 0.706. The average Bonchev–Trinajstić information content (AvgIpc) is 2.98. The lowest BCUT2D eigenvalue weighted by atomic mass is 9.98. The van der Waals surface area contributed by atoms with Crippen molar-refractivity contribution in [1.82, 2.24) is 5.32 Å². The van der Waals surface area contributed by atoms with Gasteiger partial charge in [0.25, 0.3) is 0 Å². The lowest BCUT2D eigenvalue weighted by Crippen LogP contribution is -2.20. The number of thioether (sulfide) groups is 1. The molecule has 5 heteroatoms. The number of Topliss-reactive ketones (excluding diaryl/α,β-unsaturated/α-hetero) is 1. The number of hydrogen-bond donors (Lipinski definition) is 1. The van der Waals surface area contributed by atoms with E-state index in [4.69, 9.17) is 0 Å². The summed E-state index contributed by atoms with van der Waals surface area (Å²) in [5.74, 6) is 1.01. The fraction of sp³-hybridized carbons (Fsp3) is 0.238. The van der Waals surface area contributed by atoms with Crippen molar-refractivity contribution < 1.29 is 9.59 Å². The Kier molecular flexibility index (Phi) is 4.83. The van der Waals surface area contributed by atoms with Crippen molar-refractivity contribution in [1.29, 1.82) is 0 Å². The second-order valence-corrected chi connectivity index (χ2v) is 8.68. The normalized spacial score (nSPS) is 13.7. The van der Waals surface area contributed by atoms with Crippen molar-refractivity contribution in [3.63, 3.8) is 0 Å². The van der Waals surface area contributed by atoms with Crippen molar-refractivity contribution in [2.24, 2.45) is 0 Å². The lowest BCUT2D eigenvalue weighted by molar-refractivity contribution is -0.119. The summed E-state index contributed by atoms with van der Waals surface area (Å²) >= 11 is 3.48. The van der Waals surface area contributed by atoms with E-state index in [0.29, 0.717) is 13.0 Å². The third-order valence-electron chi connectivity index (χ3n) is 4.59. The molecule has 2 heterocycles. The Bertz CT molecular complexity index is 992. The molecule has 0 unspecified atom stereocenters. The molecule has 2 aromatic carbocycles. The summed E-state index contributed by atoms with van der Waals surface area (Å²) in [7, 11) is 0. The first-order valence-corrected chi connectivity index (χ1v) is 10.5. The number of nitrogens with one attached hydrogen (secondary N) is 1. The molecule has 0 bridgehead atoms. The first-order chi connectivity index (χ1) is 12.6. The Labute approximate surface area is 160 Å². The second-order valence-electron chi connectivity index (χ2n) is 6.41. The molecule has 26 heavy (non-hydrogen) atoms. The predicted octanol–water partition coefficient (Wildman–Crippen LogP) is 4.81. The van der Waals surface area contributed by atoms with E-state index in [1.165, 1.54) is 17.4 Å². The summed E-state index contributed by atoms with van der Waals surface area (Å²) in [5.41, 5.74) is 3.18. The minimum absolute atomic E-state index is 0.0551. The van der Waals surface area contributed by atoms with Crippen molar-refractivity contribution >= 4 is 44.9 Å². The Morgan fingerprint density at radius 2 is 1.96 bits per heavy atom. The highest BCUT2D eigenvalue weighted by Gasteiger charge is 2.25. The van der Waals surface area contributed by atoms with Gasteiger partial charge < -0.3 is 5.32 Å². The molecular weight excluding hydrogens is 362 g/mol. The molecule has 0 fully saturated rings. The van der Waals surface area contributed by atoms with Gasteiger partial charge in [-0.25, -0.2) is 0 Å². The lowest BCUT2D eigenvalue weighted by Gasteiger charge is -2.16. The van der Waals surface area contributed by atoms with Crippen LogP contribution in [0.5, 0.6) is 0 Å². The van der Waals surface area contributed by atoms with E-state index in [2.05, 4.69) is 29.6 Å². The van der Waals surface area contributed by atoms with Gasteiger partial charge in [-0.3, -0.25) is 9.59 Å². The van der Waals surface area contributed by atoms with Crippen molar-refractivity contribution in [3.8, 4) is 0 Å². The maximum absolute atomic E-state index is 12.7. The molecule has 4 rings (SSSR count). The van der Waals surface area contributed by atoms with Crippen LogP contribution in [0.4, 0.5) is 0 Å². The van der Waals surface area contributed by atoms with E-state index >= 15 is 0 Å². The molecule has 3 nitrogen and oxygen atoms in total. The van der Waals surface area contributed by atoms with E-state index in [1.807, 2.05) is 18.2 Å². The maximum Gasteiger partial charge on any atom is 0.217 e. The molecule has 1 aromatic heterocycles. The van der Waals surface area contributed by atoms with E-state index < -0.39 is 0 Å². The van der Waals surface area contributed by atoms with Crippen LogP contribution in [-0.2, 0) is 17.8 Å². The number of amides is 1. The minimum Gasteiger partial charge on any atom is -0.352 e. The van der Waals surface area contributed by atoms with Gasteiger partial charge >= 0.3 is 0 Å². The van der Waals surface area contributed by atoms with Crippen molar-refractivity contribution in [3.05, 3.63) is 64.0 Å². The van der Waals surface area contributed by atoms with Crippen LogP contribution in [0.1, 0.15) is 39.7 Å². The molecule has 3 aromatic rings. The van der Waals surface area contributed by atoms with Gasteiger partial charge in [0.05, 0.1) is 0 Å². The Hall–Kier alpha value is -2.11. The number of thiophene rings is 1. The minimum atomic E-state index is -0.0551. The van der Waals surface area contributed by atoms with Crippen LogP contribution < -0.4 is 5.32 Å². The van der Waals surface area contributed by atoms with Gasteiger partial charge in [0, 0.05) is 57.5 Å². The highest BCUT2D eigenvalue weighted by atomic mass is 32.2. The summed E-state index contributed by atoms with van der Waals surface area (Å²) in [6.07, 6.45) is 1.39. The summed E-state index contributed by atoms with van der Waals surface area (Å²) in [4.78, 5) is 26.5. The molecule has 1 aliphatic rings. The Morgan fingerprint density at radius 1 is 1.15 bits per heavy atom. The smallest absolute Gasteiger partial charge is 0.217 e. The van der Waals surface area contributed by atoms with E-state index in [1.54, 1.807) is 23.1 Å². The Balaban J connectivity index is 1.88. The molecule has 0 atom stereocenters. The molecule has 0 spiro atoms. The first kappa shape index (κ1) is 17.3. The van der Waals surface area contributed by atoms with E-state index in [0.717, 1.165) is 38.3 Å². The zero-order valence-electron chi connectivity index (χ0n) is 14.5. The zero-order valence-corrected chi connectivity index (χ0v) is 16.1. The van der Waals surface area contributed by atoms with Gasteiger partial charge in [0.15, 0.2) is 5.78 Å². The summed E-state index contributed by atoms with van der Waals surface area (Å²) in [6, 6.07) is 14.5. The molecule has 1 amide bonds. The predicted molar refractivity (Wildman–Crippen MR) is 108 cm³/mol. The SMILES string of the molecule is CC(=O)NCc1c(Cc2ccccc2)sc2ccc3c(c12)C(=O)CCS3. The van der Waals surface area contributed by atoms with Crippen LogP contribution in [0.15, 0.2) is 47.4 Å². The number of hydrogen-bond acceptors (Lipinski definition) is 4. The van der Waals surface area contributed by atoms with Crippen LogP contribution in [-0.4, -0.2) is 17.4 Å². The molecule has 1 aliphatic heterocycles. The van der Waals surface area contributed by atoms with Gasteiger partial charge in [0.1, 0.15) is 0 Å². The van der Waals surface area contributed by atoms with Gasteiger partial charge in [-0.1, -0.05) is 30.3 Å². The first-order valence-electron chi connectivity index (χ1n) is 8.65. The fourth-order valence-electron chi connectivity index (χ4n) is 3.38. The third-order valence-corrected chi connectivity index (χ3v) is 6.84. The summed E-state index contributed by atoms with van der Waals surface area (Å²) in [6.45, 7) is 1.99. The van der Waals surface area contributed by atoms with Crippen LogP contribution >= 0.6 is 23.1 Å². The number of rotatable bonds is 4. The molecule has 0 saturated carbocycles. The summed E-state index contributed by atoms with van der Waals surface area (Å²) in [5, 5.41) is 3.98. The molecule has 132 valence electrons. The maximum atomic E-state index is 12.7. The van der Waals surface area contributed by atoms with Gasteiger partial charge in [-0.2, -0.15) is 0 Å². The molecule has 0 saturated heterocycles. The Morgan fingerprint density at radius 3 is 2.73 bits per heavy atom. The van der Waals surface area contributed by atoms with Gasteiger partial charge in [-0.15, -0.1) is 23.1 Å². The van der Waals surface area contributed by atoms with Crippen LogP contribution in [0.3, 0.4) is 0 Å². The van der Waals surface area contributed by atoms with E-state index in [9.17, 15) is 9.59 Å². The third kappa shape index (κ3) is 3.29. The average molecular weight is 382 g/mol. The van der Waals surface area contributed by atoms with E-state index in [-0.39, 0.29) is 11.7 Å². The highest BCUT2D eigenvalue weighted by Crippen LogP contribution is 2.41. The van der Waals surface area contributed by atoms with Crippen LogP contribution in [0.25, 0.3) is 10.1 Å². The van der Waals surface area contributed by atoms with Crippen molar-refractivity contribution in [2.75, 3.05) is 5.75 Å². The molecule has 1 N–H and O–H groups in total. The topological polar surface area (TPSA) is 46.2 Å². The fourth-order valence-corrected chi connectivity index (χ4v) is 5.68. The van der Waals surface area contributed by atoms with Crippen LogP contribution in [0, 0.1) is 0 Å².